The number of rotatable bonds is 8. The molecule has 0 fully saturated rings. The van der Waals surface area contributed by atoms with E-state index < -0.39 is 0 Å². The Morgan fingerprint density at radius 3 is 2.29 bits per heavy atom. The highest BCUT2D eigenvalue weighted by Crippen LogP contribution is 2.28. The largest absolute Gasteiger partial charge is 0.488 e. The fourth-order valence-corrected chi connectivity index (χ4v) is 3.27. The van der Waals surface area contributed by atoms with Gasteiger partial charge in [0.2, 0.25) is 0 Å². The molecule has 28 heavy (non-hydrogen) atoms. The zero-order valence-corrected chi connectivity index (χ0v) is 17.4. The lowest BCUT2D eigenvalue weighted by Crippen LogP contribution is -2.23. The Morgan fingerprint density at radius 1 is 0.964 bits per heavy atom. The molecule has 0 radical (unpaired) electrons. The number of aryl methyl sites for hydroxylation is 1. The molecule has 1 atom stereocenters. The lowest BCUT2D eigenvalue weighted by molar-refractivity contribution is 0.131. The van der Waals surface area contributed by atoms with Gasteiger partial charge >= 0.3 is 0 Å². The van der Waals surface area contributed by atoms with E-state index in [1.165, 1.54) is 16.7 Å². The summed E-state index contributed by atoms with van der Waals surface area (Å²) < 4.78 is 11.6. The van der Waals surface area contributed by atoms with Crippen LogP contribution < -0.4 is 10.1 Å². The summed E-state index contributed by atoms with van der Waals surface area (Å²) >= 11 is 0. The summed E-state index contributed by atoms with van der Waals surface area (Å²) in [6, 6.07) is 21.1. The maximum atomic E-state index is 5.88. The van der Waals surface area contributed by atoms with E-state index in [1.807, 2.05) is 18.2 Å². The third-order valence-electron chi connectivity index (χ3n) is 4.65. The lowest BCUT2D eigenvalue weighted by Gasteiger charge is -2.21. The highest BCUT2D eigenvalue weighted by molar-refractivity contribution is 5.30. The number of hydrogen-bond donors (Lipinski definition) is 1. The first kappa shape index (κ1) is 20.2. The van der Waals surface area contributed by atoms with Crippen LogP contribution in [0.15, 0.2) is 71.3 Å². The van der Waals surface area contributed by atoms with Crippen LogP contribution >= 0.6 is 0 Å². The summed E-state index contributed by atoms with van der Waals surface area (Å²) in [5, 5.41) is 3.56. The Morgan fingerprint density at radius 2 is 1.68 bits per heavy atom. The van der Waals surface area contributed by atoms with Crippen molar-refractivity contribution in [1.29, 1.82) is 0 Å². The van der Waals surface area contributed by atoms with Crippen LogP contribution in [-0.4, -0.2) is 12.1 Å². The van der Waals surface area contributed by atoms with Crippen LogP contribution in [0.3, 0.4) is 0 Å². The minimum absolute atomic E-state index is 0.170. The second kappa shape index (κ2) is 9.11. The zero-order chi connectivity index (χ0) is 20.0. The molecule has 3 nitrogen and oxygen atoms in total. The maximum Gasteiger partial charge on any atom is 0.120 e. The molecule has 0 spiro atoms. The van der Waals surface area contributed by atoms with Gasteiger partial charge in [-0.3, -0.25) is 0 Å². The Labute approximate surface area is 168 Å². The Balaban J connectivity index is 1.54. The lowest BCUT2D eigenvalue weighted by atomic mass is 9.92. The third-order valence-corrected chi connectivity index (χ3v) is 4.65. The average Bonchev–Trinajstić information content (AvgIpc) is 3.17. The molecule has 3 aromatic rings. The SMILES string of the molecule is Cc1ccc([C@@H](CCNCc2ccc(OC(C)(C)C)cc2)c2ccco2)cc1. The van der Waals surface area contributed by atoms with E-state index in [1.54, 1.807) is 6.26 Å². The van der Waals surface area contributed by atoms with E-state index in [-0.39, 0.29) is 11.5 Å². The third kappa shape index (κ3) is 6.00. The van der Waals surface area contributed by atoms with Crippen molar-refractivity contribution in [2.45, 2.75) is 52.2 Å². The first-order valence-corrected chi connectivity index (χ1v) is 9.99. The Bertz CT molecular complexity index is 828. The first-order valence-electron chi connectivity index (χ1n) is 9.99. The van der Waals surface area contributed by atoms with Crippen LogP contribution in [0.25, 0.3) is 0 Å². The van der Waals surface area contributed by atoms with E-state index in [4.69, 9.17) is 9.15 Å². The van der Waals surface area contributed by atoms with Gasteiger partial charge in [-0.05, 0) is 76.1 Å². The standard InChI is InChI=1S/C25H31NO2/c1-19-7-11-21(12-8-19)23(24-6-5-17-27-24)15-16-26-18-20-9-13-22(14-10-20)28-25(2,3)4/h5-14,17,23,26H,15-16,18H2,1-4H3/t23-/m1/s1. The highest BCUT2D eigenvalue weighted by atomic mass is 16.5. The normalized spacial score (nSPS) is 12.7. The monoisotopic (exact) mass is 377 g/mol. The maximum absolute atomic E-state index is 5.88. The molecule has 0 aliphatic heterocycles. The number of hydrogen-bond acceptors (Lipinski definition) is 3. The van der Waals surface area contributed by atoms with Crippen LogP contribution in [0.4, 0.5) is 0 Å². The Kier molecular flexibility index (Phi) is 6.58. The molecule has 1 aromatic heterocycles. The van der Waals surface area contributed by atoms with Crippen LogP contribution in [0.5, 0.6) is 5.75 Å². The summed E-state index contributed by atoms with van der Waals surface area (Å²) in [7, 11) is 0. The van der Waals surface area contributed by atoms with Gasteiger partial charge in [-0.1, -0.05) is 42.0 Å². The molecule has 148 valence electrons. The van der Waals surface area contributed by atoms with E-state index in [0.29, 0.717) is 0 Å². The minimum atomic E-state index is -0.170. The van der Waals surface area contributed by atoms with Crippen molar-refractivity contribution in [2.75, 3.05) is 6.54 Å². The molecule has 3 rings (SSSR count). The molecular weight excluding hydrogens is 346 g/mol. The summed E-state index contributed by atoms with van der Waals surface area (Å²) in [5.41, 5.74) is 3.66. The fraction of sp³-hybridized carbons (Fsp3) is 0.360. The molecule has 2 aromatic carbocycles. The van der Waals surface area contributed by atoms with E-state index in [0.717, 1.165) is 31.0 Å². The van der Waals surface area contributed by atoms with Gasteiger partial charge in [-0.15, -0.1) is 0 Å². The van der Waals surface area contributed by atoms with Gasteiger partial charge in [0.15, 0.2) is 0 Å². The van der Waals surface area contributed by atoms with Gasteiger partial charge in [-0.25, -0.2) is 0 Å². The fourth-order valence-electron chi connectivity index (χ4n) is 3.27. The second-order valence-electron chi connectivity index (χ2n) is 8.30. The Hall–Kier alpha value is -2.52. The summed E-state index contributed by atoms with van der Waals surface area (Å²) in [4.78, 5) is 0. The molecule has 1 heterocycles. The number of furan rings is 1. The predicted molar refractivity (Wildman–Crippen MR) is 115 cm³/mol. The first-order chi connectivity index (χ1) is 13.4. The molecule has 0 bridgehead atoms. The van der Waals surface area contributed by atoms with Gasteiger partial charge < -0.3 is 14.5 Å². The van der Waals surface area contributed by atoms with Crippen LogP contribution in [0, 0.1) is 6.92 Å². The smallest absolute Gasteiger partial charge is 0.120 e. The van der Waals surface area contributed by atoms with Crippen LogP contribution in [0.1, 0.15) is 55.6 Å². The minimum Gasteiger partial charge on any atom is -0.488 e. The van der Waals surface area contributed by atoms with E-state index >= 15 is 0 Å². The van der Waals surface area contributed by atoms with Gasteiger partial charge in [0, 0.05) is 12.5 Å². The van der Waals surface area contributed by atoms with Gasteiger partial charge in [0.1, 0.15) is 17.1 Å². The number of benzene rings is 2. The molecule has 3 heteroatoms. The van der Waals surface area contributed by atoms with Gasteiger partial charge in [0.25, 0.3) is 0 Å². The molecule has 1 N–H and O–H groups in total. The molecule has 0 aliphatic carbocycles. The molecule has 0 saturated heterocycles. The van der Waals surface area contributed by atoms with Crippen molar-refractivity contribution in [3.8, 4) is 5.75 Å². The van der Waals surface area contributed by atoms with Crippen molar-refractivity contribution in [3.63, 3.8) is 0 Å². The topological polar surface area (TPSA) is 34.4 Å². The van der Waals surface area contributed by atoms with Crippen molar-refractivity contribution in [3.05, 3.63) is 89.4 Å². The van der Waals surface area contributed by atoms with Crippen molar-refractivity contribution in [1.82, 2.24) is 5.32 Å². The van der Waals surface area contributed by atoms with Crippen molar-refractivity contribution in [2.24, 2.45) is 0 Å². The van der Waals surface area contributed by atoms with Gasteiger partial charge in [-0.2, -0.15) is 0 Å². The van der Waals surface area contributed by atoms with Crippen LogP contribution in [-0.2, 0) is 6.54 Å². The molecule has 0 amide bonds. The number of ether oxygens (including phenoxy) is 1. The van der Waals surface area contributed by atoms with E-state index in [9.17, 15) is 0 Å². The summed E-state index contributed by atoms with van der Waals surface area (Å²) in [5.74, 6) is 2.20. The predicted octanol–water partition coefficient (Wildman–Crippen LogP) is 6.08. The summed E-state index contributed by atoms with van der Waals surface area (Å²) in [6.07, 6.45) is 2.74. The molecular formula is C25H31NO2. The molecule has 0 aliphatic rings. The van der Waals surface area contributed by atoms with Crippen molar-refractivity contribution >= 4 is 0 Å². The second-order valence-corrected chi connectivity index (χ2v) is 8.30. The highest BCUT2D eigenvalue weighted by Gasteiger charge is 2.16. The quantitative estimate of drug-likeness (QED) is 0.483. The summed E-state index contributed by atoms with van der Waals surface area (Å²) in [6.45, 7) is 10.1. The molecule has 0 unspecified atom stereocenters. The zero-order valence-electron chi connectivity index (χ0n) is 17.4. The van der Waals surface area contributed by atoms with Gasteiger partial charge in [0.05, 0.1) is 6.26 Å². The van der Waals surface area contributed by atoms with Crippen LogP contribution in [0.2, 0.25) is 0 Å². The average molecular weight is 378 g/mol. The van der Waals surface area contributed by atoms with Crippen molar-refractivity contribution < 1.29 is 9.15 Å². The molecule has 0 saturated carbocycles. The van der Waals surface area contributed by atoms with E-state index in [2.05, 4.69) is 75.5 Å². The number of nitrogens with one attached hydrogen (secondary N) is 1.